The number of para-hydroxylation sites is 1. The van der Waals surface area contributed by atoms with Crippen LogP contribution in [0.1, 0.15) is 24.5 Å². The number of thioether (sulfide) groups is 1. The normalized spacial score (nSPS) is 14.8. The molecule has 226 valence electrons. The fourth-order valence-electron chi connectivity index (χ4n) is 4.40. The van der Waals surface area contributed by atoms with Gasteiger partial charge in [0, 0.05) is 23.5 Å². The second-order valence-electron chi connectivity index (χ2n) is 10.0. The number of aliphatic hydroxyl groups excluding tert-OH is 1. The van der Waals surface area contributed by atoms with Gasteiger partial charge in [0.05, 0.1) is 12.1 Å². The molecule has 3 aromatic rings. The summed E-state index contributed by atoms with van der Waals surface area (Å²) >= 11 is 1.41. The molecular formula is C29H37N5O7S. The lowest BCUT2D eigenvalue weighted by molar-refractivity contribution is -0.143. The summed E-state index contributed by atoms with van der Waals surface area (Å²) in [7, 11) is 0. The van der Waals surface area contributed by atoms with E-state index < -0.39 is 54.0 Å². The van der Waals surface area contributed by atoms with E-state index >= 15 is 0 Å². The first kappa shape index (κ1) is 32.4. The van der Waals surface area contributed by atoms with Crippen LogP contribution in [0.25, 0.3) is 10.9 Å². The average Bonchev–Trinajstić information content (AvgIpc) is 3.36. The van der Waals surface area contributed by atoms with Crippen molar-refractivity contribution in [2.24, 2.45) is 5.73 Å². The van der Waals surface area contributed by atoms with Crippen molar-refractivity contribution in [1.82, 2.24) is 20.9 Å². The Morgan fingerprint density at radius 1 is 0.929 bits per heavy atom. The zero-order chi connectivity index (χ0) is 30.8. The summed E-state index contributed by atoms with van der Waals surface area (Å²) in [5, 5.41) is 37.8. The molecule has 0 spiro atoms. The summed E-state index contributed by atoms with van der Waals surface area (Å²) in [5.74, 6) is -3.02. The highest BCUT2D eigenvalue weighted by Crippen LogP contribution is 2.19. The number of phenols is 1. The van der Waals surface area contributed by atoms with Crippen molar-refractivity contribution >= 4 is 46.4 Å². The first-order chi connectivity index (χ1) is 20.0. The number of aliphatic carboxylic acids is 1. The van der Waals surface area contributed by atoms with E-state index in [-0.39, 0.29) is 25.0 Å². The molecule has 0 aliphatic rings. The van der Waals surface area contributed by atoms with Crippen LogP contribution in [0.5, 0.6) is 5.75 Å². The van der Waals surface area contributed by atoms with E-state index in [0.717, 1.165) is 16.5 Å². The third-order valence-electron chi connectivity index (χ3n) is 6.75. The maximum atomic E-state index is 13.4. The Morgan fingerprint density at radius 3 is 2.24 bits per heavy atom. The number of carbonyl (C=O) groups is 4. The molecule has 9 N–H and O–H groups in total. The first-order valence-corrected chi connectivity index (χ1v) is 14.8. The van der Waals surface area contributed by atoms with Gasteiger partial charge in [-0.15, -0.1) is 0 Å². The number of rotatable bonds is 15. The Morgan fingerprint density at radius 2 is 1.60 bits per heavy atom. The van der Waals surface area contributed by atoms with Crippen LogP contribution in [-0.4, -0.2) is 86.3 Å². The molecule has 2 aromatic carbocycles. The number of aromatic hydroxyl groups is 1. The van der Waals surface area contributed by atoms with Crippen LogP contribution in [0, 0.1) is 0 Å². The molecule has 5 unspecified atom stereocenters. The van der Waals surface area contributed by atoms with Crippen molar-refractivity contribution in [3.63, 3.8) is 0 Å². The summed E-state index contributed by atoms with van der Waals surface area (Å²) < 4.78 is 0. The van der Waals surface area contributed by atoms with Crippen molar-refractivity contribution in [2.45, 2.75) is 56.5 Å². The second kappa shape index (κ2) is 15.2. The molecule has 12 nitrogen and oxygen atoms in total. The van der Waals surface area contributed by atoms with Crippen LogP contribution in [0.3, 0.4) is 0 Å². The number of amides is 3. The molecule has 5 atom stereocenters. The molecule has 0 aliphatic heterocycles. The average molecular weight is 600 g/mol. The lowest BCUT2D eigenvalue weighted by Crippen LogP contribution is -2.60. The van der Waals surface area contributed by atoms with Gasteiger partial charge in [0.25, 0.3) is 0 Å². The lowest BCUT2D eigenvalue weighted by atomic mass is 10.0. The SMILES string of the molecule is CSCCC(NC(=O)C(NC(=O)C(Cc1ccc(O)cc1)NC(=O)C(N)Cc1c[nH]c2ccccc12)C(C)O)C(=O)O. The van der Waals surface area contributed by atoms with Crippen molar-refractivity contribution in [1.29, 1.82) is 0 Å². The fraction of sp³-hybridized carbons (Fsp3) is 0.379. The topological polar surface area (TPSA) is 207 Å². The van der Waals surface area contributed by atoms with Gasteiger partial charge in [-0.25, -0.2) is 4.79 Å². The van der Waals surface area contributed by atoms with Crippen molar-refractivity contribution in [2.75, 3.05) is 12.0 Å². The Bertz CT molecular complexity index is 1380. The number of aromatic amines is 1. The molecule has 0 fully saturated rings. The number of hydrogen-bond donors (Lipinski definition) is 8. The smallest absolute Gasteiger partial charge is 0.326 e. The van der Waals surface area contributed by atoms with Crippen LogP contribution in [0.15, 0.2) is 54.7 Å². The Balaban J connectivity index is 1.77. The van der Waals surface area contributed by atoms with Crippen LogP contribution in [-0.2, 0) is 32.0 Å². The maximum absolute atomic E-state index is 13.4. The number of nitrogens with one attached hydrogen (secondary N) is 4. The van der Waals surface area contributed by atoms with Crippen molar-refractivity contribution < 1.29 is 34.5 Å². The van der Waals surface area contributed by atoms with Crippen LogP contribution in [0.4, 0.5) is 0 Å². The summed E-state index contributed by atoms with van der Waals surface area (Å²) in [6, 6.07) is 8.66. The van der Waals surface area contributed by atoms with E-state index in [1.54, 1.807) is 24.6 Å². The summed E-state index contributed by atoms with van der Waals surface area (Å²) in [5.41, 5.74) is 8.55. The minimum absolute atomic E-state index is 0.0166. The molecule has 3 rings (SSSR count). The van der Waals surface area contributed by atoms with Crippen molar-refractivity contribution in [3.05, 3.63) is 65.9 Å². The van der Waals surface area contributed by atoms with E-state index in [9.17, 15) is 34.5 Å². The predicted octanol–water partition coefficient (Wildman–Crippen LogP) is 0.659. The molecule has 13 heteroatoms. The molecule has 1 heterocycles. The van der Waals surface area contributed by atoms with Gasteiger partial charge in [-0.1, -0.05) is 30.3 Å². The Hall–Kier alpha value is -4.07. The number of fused-ring (bicyclic) bond motifs is 1. The highest BCUT2D eigenvalue weighted by Gasteiger charge is 2.33. The largest absolute Gasteiger partial charge is 0.508 e. The number of H-pyrrole nitrogens is 1. The number of benzene rings is 2. The minimum atomic E-state index is -1.49. The zero-order valence-corrected chi connectivity index (χ0v) is 24.2. The summed E-state index contributed by atoms with van der Waals surface area (Å²) in [6.07, 6.45) is 2.52. The molecule has 0 saturated carbocycles. The molecule has 0 radical (unpaired) electrons. The van der Waals surface area contributed by atoms with E-state index in [1.165, 1.54) is 30.8 Å². The first-order valence-electron chi connectivity index (χ1n) is 13.4. The molecule has 0 saturated heterocycles. The monoisotopic (exact) mass is 599 g/mol. The van der Waals surface area contributed by atoms with Gasteiger partial charge in [0.2, 0.25) is 17.7 Å². The van der Waals surface area contributed by atoms with Gasteiger partial charge in [0.15, 0.2) is 0 Å². The Kier molecular flexibility index (Phi) is 11.8. The van der Waals surface area contributed by atoms with Gasteiger partial charge in [0.1, 0.15) is 23.9 Å². The molecule has 3 amide bonds. The number of nitrogens with two attached hydrogens (primary N) is 1. The van der Waals surface area contributed by atoms with Crippen LogP contribution >= 0.6 is 11.8 Å². The van der Waals surface area contributed by atoms with Gasteiger partial charge < -0.3 is 42.0 Å². The van der Waals surface area contributed by atoms with Crippen LogP contribution in [0.2, 0.25) is 0 Å². The Labute approximate surface area is 247 Å². The second-order valence-corrected chi connectivity index (χ2v) is 11.0. The molecule has 42 heavy (non-hydrogen) atoms. The number of carbonyl (C=O) groups excluding carboxylic acids is 3. The number of carboxylic acids is 1. The van der Waals surface area contributed by atoms with E-state index in [4.69, 9.17) is 5.73 Å². The number of carboxylic acid groups (broad SMARTS) is 1. The van der Waals surface area contributed by atoms with E-state index in [2.05, 4.69) is 20.9 Å². The highest BCUT2D eigenvalue weighted by atomic mass is 32.2. The summed E-state index contributed by atoms with van der Waals surface area (Å²) in [6.45, 7) is 1.28. The van der Waals surface area contributed by atoms with E-state index in [0.29, 0.717) is 11.3 Å². The molecular weight excluding hydrogens is 562 g/mol. The number of hydrogen-bond acceptors (Lipinski definition) is 8. The van der Waals surface area contributed by atoms with E-state index in [1.807, 2.05) is 24.3 Å². The van der Waals surface area contributed by atoms with Gasteiger partial charge in [-0.05, 0) is 61.1 Å². The standard InChI is InChI=1S/C29H37N5O7S/c1-16(35)25(28(39)32-23(29(40)41)11-12-42-2)34-27(38)24(13-17-7-9-19(36)10-8-17)33-26(37)21(30)14-18-15-31-22-6-4-3-5-20(18)22/h3-10,15-16,21,23-25,31,35-36H,11-14,30H2,1-2H3,(H,32,39)(H,33,37)(H,34,38)(H,40,41). The number of aromatic nitrogens is 1. The van der Waals surface area contributed by atoms with Crippen molar-refractivity contribution in [3.8, 4) is 5.75 Å². The van der Waals surface area contributed by atoms with Gasteiger partial charge in [-0.3, -0.25) is 14.4 Å². The predicted molar refractivity (Wildman–Crippen MR) is 160 cm³/mol. The van der Waals surface area contributed by atoms with Crippen LogP contribution < -0.4 is 21.7 Å². The molecule has 1 aromatic heterocycles. The number of phenolic OH excluding ortho intramolecular Hbond substituents is 1. The maximum Gasteiger partial charge on any atom is 0.326 e. The lowest BCUT2D eigenvalue weighted by Gasteiger charge is -2.26. The minimum Gasteiger partial charge on any atom is -0.508 e. The third kappa shape index (κ3) is 8.96. The number of aliphatic hydroxyl groups is 1. The quantitative estimate of drug-likeness (QED) is 0.123. The van der Waals surface area contributed by atoms with Gasteiger partial charge >= 0.3 is 5.97 Å². The molecule has 0 bridgehead atoms. The summed E-state index contributed by atoms with van der Waals surface area (Å²) in [4.78, 5) is 54.3. The molecule has 0 aliphatic carbocycles. The zero-order valence-electron chi connectivity index (χ0n) is 23.4. The fourth-order valence-corrected chi connectivity index (χ4v) is 4.87. The highest BCUT2D eigenvalue weighted by molar-refractivity contribution is 7.98. The third-order valence-corrected chi connectivity index (χ3v) is 7.39. The van der Waals surface area contributed by atoms with Gasteiger partial charge in [-0.2, -0.15) is 11.8 Å².